The highest BCUT2D eigenvalue weighted by Crippen LogP contribution is 2.34. The van der Waals surface area contributed by atoms with Gasteiger partial charge in [-0.05, 0) is 57.4 Å². The van der Waals surface area contributed by atoms with Gasteiger partial charge in [0, 0.05) is 23.9 Å². The van der Waals surface area contributed by atoms with E-state index in [1.165, 1.54) is 11.3 Å². The summed E-state index contributed by atoms with van der Waals surface area (Å²) < 4.78 is 8.64. The number of ether oxygens (including phenoxy) is 1. The number of amides is 1. The van der Waals surface area contributed by atoms with Crippen LogP contribution in [0.3, 0.4) is 0 Å². The van der Waals surface area contributed by atoms with Crippen molar-refractivity contribution in [1.82, 2.24) is 14.8 Å². The van der Waals surface area contributed by atoms with Crippen LogP contribution < -0.4 is 4.90 Å². The average Bonchev–Trinajstić information content (AvgIpc) is 3.41. The molecule has 0 N–H and O–H groups in total. The molecule has 3 heterocycles. The van der Waals surface area contributed by atoms with Crippen molar-refractivity contribution in [3.05, 3.63) is 40.2 Å². The van der Waals surface area contributed by atoms with Crippen LogP contribution in [0.2, 0.25) is 5.02 Å². The number of fused-ring (bicyclic) bond motifs is 1. The van der Waals surface area contributed by atoms with E-state index in [0.717, 1.165) is 47.5 Å². The molecule has 0 saturated carbocycles. The zero-order chi connectivity index (χ0) is 19.8. The number of hydrogen-bond donors (Lipinski definition) is 0. The monoisotopic (exact) mass is 418 g/mol. The summed E-state index contributed by atoms with van der Waals surface area (Å²) in [6.45, 7) is 7.86. The third-order valence-electron chi connectivity index (χ3n) is 5.12. The second kappa shape index (κ2) is 7.81. The molecule has 1 atom stereocenters. The molecule has 0 spiro atoms. The van der Waals surface area contributed by atoms with Crippen LogP contribution in [-0.2, 0) is 11.3 Å². The molecule has 1 fully saturated rings. The average molecular weight is 419 g/mol. The molecule has 2 aromatic heterocycles. The number of aryl methyl sites for hydroxylation is 3. The number of halogens is 1. The van der Waals surface area contributed by atoms with E-state index >= 15 is 0 Å². The molecular weight excluding hydrogens is 396 g/mol. The van der Waals surface area contributed by atoms with Crippen molar-refractivity contribution in [3.8, 4) is 0 Å². The van der Waals surface area contributed by atoms with Gasteiger partial charge in [0.05, 0.1) is 22.9 Å². The molecule has 148 valence electrons. The maximum atomic E-state index is 13.4. The lowest BCUT2D eigenvalue weighted by atomic mass is 10.2. The Morgan fingerprint density at radius 2 is 2.25 bits per heavy atom. The van der Waals surface area contributed by atoms with Gasteiger partial charge in [0.2, 0.25) is 0 Å². The summed E-state index contributed by atoms with van der Waals surface area (Å²) in [5.41, 5.74) is 3.17. The number of anilines is 1. The Labute approximate surface area is 173 Å². The number of benzene rings is 1. The number of nitrogens with zero attached hydrogens (tertiary/aromatic N) is 4. The van der Waals surface area contributed by atoms with Gasteiger partial charge in [-0.1, -0.05) is 22.9 Å². The first-order chi connectivity index (χ1) is 13.5. The maximum absolute atomic E-state index is 13.4. The fourth-order valence-corrected chi connectivity index (χ4v) is 4.70. The fourth-order valence-electron chi connectivity index (χ4n) is 3.52. The van der Waals surface area contributed by atoms with Crippen LogP contribution in [-0.4, -0.2) is 39.9 Å². The summed E-state index contributed by atoms with van der Waals surface area (Å²) in [6.07, 6.45) is 1.99. The molecule has 0 aliphatic carbocycles. The number of rotatable bonds is 5. The molecule has 1 aliphatic heterocycles. The van der Waals surface area contributed by atoms with E-state index in [-0.39, 0.29) is 12.0 Å². The van der Waals surface area contributed by atoms with E-state index in [0.29, 0.717) is 22.4 Å². The highest BCUT2D eigenvalue weighted by molar-refractivity contribution is 7.22. The number of hydrogen-bond acceptors (Lipinski definition) is 5. The van der Waals surface area contributed by atoms with Crippen LogP contribution in [0.1, 0.15) is 41.5 Å². The maximum Gasteiger partial charge on any atom is 0.280 e. The Balaban J connectivity index is 1.74. The molecule has 1 aliphatic rings. The SMILES string of the molecule is CCn1nc(C(=O)N(C[C@@H]2CCCO2)c2nc3c(C)c(Cl)ccc3s2)cc1C. The lowest BCUT2D eigenvalue weighted by Gasteiger charge is -2.22. The van der Waals surface area contributed by atoms with Crippen LogP contribution >= 0.6 is 22.9 Å². The summed E-state index contributed by atoms with van der Waals surface area (Å²) in [6, 6.07) is 5.67. The Kier molecular flexibility index (Phi) is 5.40. The van der Waals surface area contributed by atoms with Crippen molar-refractivity contribution in [1.29, 1.82) is 0 Å². The van der Waals surface area contributed by atoms with Crippen LogP contribution in [0.4, 0.5) is 5.13 Å². The fraction of sp³-hybridized carbons (Fsp3) is 0.450. The third-order valence-corrected chi connectivity index (χ3v) is 6.58. The van der Waals surface area contributed by atoms with Gasteiger partial charge < -0.3 is 4.74 Å². The lowest BCUT2D eigenvalue weighted by molar-refractivity contribution is 0.0912. The van der Waals surface area contributed by atoms with Gasteiger partial charge in [0.15, 0.2) is 10.8 Å². The molecule has 0 unspecified atom stereocenters. The molecule has 1 amide bonds. The van der Waals surface area contributed by atoms with Gasteiger partial charge in [-0.25, -0.2) is 4.98 Å². The molecular formula is C20H23ClN4O2S. The van der Waals surface area contributed by atoms with Crippen LogP contribution in [0, 0.1) is 13.8 Å². The van der Waals surface area contributed by atoms with Gasteiger partial charge in [-0.15, -0.1) is 0 Å². The molecule has 1 saturated heterocycles. The van der Waals surface area contributed by atoms with Gasteiger partial charge in [0.1, 0.15) is 0 Å². The quantitative estimate of drug-likeness (QED) is 0.607. The third kappa shape index (κ3) is 3.54. The summed E-state index contributed by atoms with van der Waals surface area (Å²) >= 11 is 7.76. The summed E-state index contributed by atoms with van der Waals surface area (Å²) in [7, 11) is 0. The van der Waals surface area contributed by atoms with Crippen LogP contribution in [0.5, 0.6) is 0 Å². The van der Waals surface area contributed by atoms with Crippen molar-refractivity contribution in [2.24, 2.45) is 0 Å². The molecule has 0 bridgehead atoms. The smallest absolute Gasteiger partial charge is 0.280 e. The molecule has 6 nitrogen and oxygen atoms in total. The van der Waals surface area contributed by atoms with E-state index in [1.54, 1.807) is 4.90 Å². The van der Waals surface area contributed by atoms with E-state index in [2.05, 4.69) is 5.10 Å². The zero-order valence-corrected chi connectivity index (χ0v) is 17.8. The highest BCUT2D eigenvalue weighted by Gasteiger charge is 2.29. The summed E-state index contributed by atoms with van der Waals surface area (Å²) in [5.74, 6) is -0.145. The first kappa shape index (κ1) is 19.4. The minimum Gasteiger partial charge on any atom is -0.376 e. The van der Waals surface area contributed by atoms with E-state index in [1.807, 2.05) is 43.7 Å². The topological polar surface area (TPSA) is 60.2 Å². The first-order valence-electron chi connectivity index (χ1n) is 9.51. The van der Waals surface area contributed by atoms with Gasteiger partial charge >= 0.3 is 0 Å². The Bertz CT molecular complexity index is 1020. The van der Waals surface area contributed by atoms with E-state index in [9.17, 15) is 4.79 Å². The number of carbonyl (C=O) groups excluding carboxylic acids is 1. The largest absolute Gasteiger partial charge is 0.376 e. The van der Waals surface area contributed by atoms with Crippen LogP contribution in [0.25, 0.3) is 10.2 Å². The molecule has 4 rings (SSSR count). The summed E-state index contributed by atoms with van der Waals surface area (Å²) in [5, 5.41) is 5.81. The predicted molar refractivity (Wildman–Crippen MR) is 113 cm³/mol. The van der Waals surface area contributed by atoms with Crippen molar-refractivity contribution < 1.29 is 9.53 Å². The Hall–Kier alpha value is -1.96. The minimum absolute atomic E-state index is 0.0232. The second-order valence-corrected chi connectivity index (χ2v) is 8.47. The molecule has 8 heteroatoms. The zero-order valence-electron chi connectivity index (χ0n) is 16.2. The molecule has 28 heavy (non-hydrogen) atoms. The van der Waals surface area contributed by atoms with Crippen molar-refractivity contribution in [2.75, 3.05) is 18.1 Å². The predicted octanol–water partition coefficient (Wildman–Crippen LogP) is 4.61. The second-order valence-electron chi connectivity index (χ2n) is 7.05. The van der Waals surface area contributed by atoms with Gasteiger partial charge in [-0.3, -0.25) is 14.4 Å². The molecule has 0 radical (unpaired) electrons. The van der Waals surface area contributed by atoms with Crippen molar-refractivity contribution in [3.63, 3.8) is 0 Å². The standard InChI is InChI=1S/C20H23ClN4O2S/c1-4-25-12(2)10-16(23-25)19(26)24(11-14-6-5-9-27-14)20-22-18-13(3)15(21)7-8-17(18)28-20/h7-8,10,14H,4-6,9,11H2,1-3H3/t14-/m0/s1. The van der Waals surface area contributed by atoms with Gasteiger partial charge in [0.25, 0.3) is 5.91 Å². The van der Waals surface area contributed by atoms with Crippen LogP contribution in [0.15, 0.2) is 18.2 Å². The molecule has 3 aromatic rings. The first-order valence-corrected chi connectivity index (χ1v) is 10.7. The van der Waals surface area contributed by atoms with Gasteiger partial charge in [-0.2, -0.15) is 5.10 Å². The Morgan fingerprint density at radius 3 is 2.93 bits per heavy atom. The van der Waals surface area contributed by atoms with E-state index in [4.69, 9.17) is 21.3 Å². The normalized spacial score (nSPS) is 16.8. The van der Waals surface area contributed by atoms with Crippen molar-refractivity contribution >= 4 is 44.2 Å². The summed E-state index contributed by atoms with van der Waals surface area (Å²) in [4.78, 5) is 19.9. The minimum atomic E-state index is -0.145. The number of thiazole rings is 1. The lowest BCUT2D eigenvalue weighted by Crippen LogP contribution is -2.37. The van der Waals surface area contributed by atoms with Crippen molar-refractivity contribution in [2.45, 2.75) is 46.3 Å². The highest BCUT2D eigenvalue weighted by atomic mass is 35.5. The Morgan fingerprint density at radius 1 is 1.43 bits per heavy atom. The van der Waals surface area contributed by atoms with E-state index < -0.39 is 0 Å². The number of carbonyl (C=O) groups is 1. The molecule has 1 aromatic carbocycles. The number of aromatic nitrogens is 3.